The predicted molar refractivity (Wildman–Crippen MR) is 96.9 cm³/mol. The summed E-state index contributed by atoms with van der Waals surface area (Å²) in [4.78, 5) is 12.3. The topological polar surface area (TPSA) is 51.1 Å². The fraction of sp³-hybridized carbons (Fsp3) is 0.500. The van der Waals surface area contributed by atoms with Crippen LogP contribution in [0, 0.1) is 11.3 Å². The number of carbonyl (C=O) groups is 1. The van der Waals surface area contributed by atoms with Crippen LogP contribution in [0.4, 0.5) is 0 Å². The molecule has 1 aromatic carbocycles. The maximum atomic E-state index is 12.3. The lowest BCUT2D eigenvalue weighted by molar-refractivity contribution is -0.147. The van der Waals surface area contributed by atoms with Gasteiger partial charge in [-0.1, -0.05) is 42.5 Å². The van der Waals surface area contributed by atoms with Crippen LogP contribution in [0.3, 0.4) is 0 Å². The van der Waals surface area contributed by atoms with Crippen LogP contribution in [0.25, 0.3) is 0 Å². The van der Waals surface area contributed by atoms with Crippen molar-refractivity contribution in [1.82, 2.24) is 5.01 Å². The van der Waals surface area contributed by atoms with E-state index in [-0.39, 0.29) is 24.0 Å². The fourth-order valence-electron chi connectivity index (χ4n) is 3.60. The summed E-state index contributed by atoms with van der Waals surface area (Å²) in [5.41, 5.74) is 0.599. The number of ether oxygens (including phenoxy) is 2. The number of hydrazone groups is 1. The van der Waals surface area contributed by atoms with Gasteiger partial charge in [0, 0.05) is 7.05 Å². The summed E-state index contributed by atoms with van der Waals surface area (Å²) in [5.74, 6) is -0.0211. The number of benzene rings is 1. The lowest BCUT2D eigenvalue weighted by Gasteiger charge is -2.43. The van der Waals surface area contributed by atoms with E-state index in [1.165, 1.54) is 7.11 Å². The Morgan fingerprint density at radius 2 is 2.08 bits per heavy atom. The van der Waals surface area contributed by atoms with Gasteiger partial charge in [-0.05, 0) is 32.3 Å². The van der Waals surface area contributed by atoms with Crippen LogP contribution in [0.1, 0.15) is 38.4 Å². The zero-order chi connectivity index (χ0) is 18.0. The minimum Gasteiger partial charge on any atom is -0.469 e. The number of rotatable bonds is 3. The number of nitrogens with zero attached hydrogens (tertiary/aromatic N) is 2. The second kappa shape index (κ2) is 6.90. The summed E-state index contributed by atoms with van der Waals surface area (Å²) < 4.78 is 11.4. The highest BCUT2D eigenvalue weighted by molar-refractivity contribution is 5.90. The van der Waals surface area contributed by atoms with E-state index in [1.807, 2.05) is 49.3 Å². The zero-order valence-corrected chi connectivity index (χ0v) is 15.3. The lowest BCUT2D eigenvalue weighted by atomic mass is 9.70. The number of carbonyl (C=O) groups excluding carboxylic acids is 1. The van der Waals surface area contributed by atoms with Crippen molar-refractivity contribution in [1.29, 1.82) is 0 Å². The highest BCUT2D eigenvalue weighted by Gasteiger charge is 2.48. The number of esters is 1. The van der Waals surface area contributed by atoms with Gasteiger partial charge in [0.15, 0.2) is 0 Å². The summed E-state index contributed by atoms with van der Waals surface area (Å²) in [7, 11) is 3.38. The molecule has 0 bridgehead atoms. The highest BCUT2D eigenvalue weighted by atomic mass is 16.5. The molecule has 5 nitrogen and oxygen atoms in total. The van der Waals surface area contributed by atoms with Crippen molar-refractivity contribution in [3.63, 3.8) is 0 Å². The molecule has 5 heteroatoms. The molecule has 1 aliphatic heterocycles. The fourth-order valence-corrected chi connectivity index (χ4v) is 3.60. The molecule has 1 aliphatic carbocycles. The first-order chi connectivity index (χ1) is 12.0. The van der Waals surface area contributed by atoms with Gasteiger partial charge in [-0.15, -0.1) is 5.10 Å². The van der Waals surface area contributed by atoms with E-state index in [4.69, 9.17) is 9.47 Å². The monoisotopic (exact) mass is 342 g/mol. The molecule has 1 aromatic rings. The number of methoxy groups -OCH3 is 1. The third-order valence-corrected chi connectivity index (χ3v) is 5.43. The van der Waals surface area contributed by atoms with Crippen LogP contribution in [0.15, 0.2) is 47.6 Å². The standard InChI is InChI=1S/C20H26N2O3/c1-14-17(15-10-6-5-7-11-15)25-19(21-22(14)3)20(2)13-9-8-12-16(20)18(23)24-4/h5-8,10-12,14,16-17H,9,13H2,1-4H3/t14-,16?,17-,20?/m0/s1. The van der Waals surface area contributed by atoms with Crippen LogP contribution >= 0.6 is 0 Å². The van der Waals surface area contributed by atoms with Gasteiger partial charge < -0.3 is 9.47 Å². The van der Waals surface area contributed by atoms with E-state index in [0.717, 1.165) is 18.4 Å². The number of allylic oxidation sites excluding steroid dienone is 1. The molecule has 2 unspecified atom stereocenters. The largest absolute Gasteiger partial charge is 0.469 e. The van der Waals surface area contributed by atoms with Crippen LogP contribution in [0.2, 0.25) is 0 Å². The van der Waals surface area contributed by atoms with Gasteiger partial charge in [0.05, 0.1) is 24.5 Å². The van der Waals surface area contributed by atoms with E-state index >= 15 is 0 Å². The summed E-state index contributed by atoms with van der Waals surface area (Å²) >= 11 is 0. The molecule has 0 radical (unpaired) electrons. The first-order valence-electron chi connectivity index (χ1n) is 8.75. The molecule has 1 heterocycles. The molecule has 4 atom stereocenters. The maximum Gasteiger partial charge on any atom is 0.313 e. The number of hydrogen-bond acceptors (Lipinski definition) is 5. The molecule has 0 saturated carbocycles. The lowest BCUT2D eigenvalue weighted by Crippen LogP contribution is -2.48. The first-order valence-corrected chi connectivity index (χ1v) is 8.75. The second-order valence-corrected chi connectivity index (χ2v) is 7.05. The van der Waals surface area contributed by atoms with Crippen LogP contribution in [0.5, 0.6) is 0 Å². The summed E-state index contributed by atoms with van der Waals surface area (Å²) in [5, 5.41) is 6.63. The Morgan fingerprint density at radius 3 is 2.76 bits per heavy atom. The number of likely N-dealkylation sites (N-methyl/N-ethyl adjacent to an activating group) is 1. The Hall–Kier alpha value is -2.30. The Bertz CT molecular complexity index is 685. The van der Waals surface area contributed by atoms with Crippen molar-refractivity contribution in [2.24, 2.45) is 16.4 Å². The molecule has 3 rings (SSSR count). The van der Waals surface area contributed by atoms with Crippen molar-refractivity contribution in [3.8, 4) is 0 Å². The molecule has 0 aromatic heterocycles. The molecule has 0 N–H and O–H groups in total. The Labute approximate surface area is 149 Å². The molecule has 2 aliphatic rings. The molecular weight excluding hydrogens is 316 g/mol. The smallest absolute Gasteiger partial charge is 0.313 e. The summed E-state index contributed by atoms with van der Waals surface area (Å²) in [6.07, 6.45) is 5.53. The molecule has 0 spiro atoms. The SMILES string of the molecule is COC(=O)C1C=CCCC1(C)C1=NN(C)[C@@H](C)[C@@H](c2ccccc2)O1. The van der Waals surface area contributed by atoms with Gasteiger partial charge in [-0.3, -0.25) is 9.80 Å². The zero-order valence-electron chi connectivity index (χ0n) is 15.3. The van der Waals surface area contributed by atoms with Crippen LogP contribution in [-0.4, -0.2) is 37.1 Å². The van der Waals surface area contributed by atoms with Crippen molar-refractivity contribution in [3.05, 3.63) is 48.0 Å². The summed E-state index contributed by atoms with van der Waals surface area (Å²) in [6.45, 7) is 4.14. The van der Waals surface area contributed by atoms with E-state index in [0.29, 0.717) is 5.90 Å². The molecule has 25 heavy (non-hydrogen) atoms. The average Bonchev–Trinajstić information content (AvgIpc) is 2.64. The highest BCUT2D eigenvalue weighted by Crippen LogP contribution is 2.43. The normalized spacial score (nSPS) is 31.9. The van der Waals surface area contributed by atoms with E-state index in [9.17, 15) is 4.79 Å². The molecule has 0 saturated heterocycles. The third-order valence-electron chi connectivity index (χ3n) is 5.43. The molecule has 0 amide bonds. The van der Waals surface area contributed by atoms with Crippen molar-refractivity contribution in [2.45, 2.75) is 38.8 Å². The van der Waals surface area contributed by atoms with Gasteiger partial charge in [-0.2, -0.15) is 0 Å². The van der Waals surface area contributed by atoms with Crippen molar-refractivity contribution in [2.75, 3.05) is 14.2 Å². The average molecular weight is 342 g/mol. The Kier molecular flexibility index (Phi) is 4.84. The van der Waals surface area contributed by atoms with Gasteiger partial charge >= 0.3 is 5.97 Å². The molecule has 134 valence electrons. The van der Waals surface area contributed by atoms with Crippen LogP contribution < -0.4 is 0 Å². The Balaban J connectivity index is 1.96. The minimum absolute atomic E-state index is 0.102. The predicted octanol–water partition coefficient (Wildman–Crippen LogP) is 3.54. The van der Waals surface area contributed by atoms with Crippen molar-refractivity contribution < 1.29 is 14.3 Å². The number of hydrogen-bond donors (Lipinski definition) is 0. The summed E-state index contributed by atoms with van der Waals surface area (Å²) in [6, 6.07) is 10.3. The van der Waals surface area contributed by atoms with Crippen molar-refractivity contribution >= 4 is 11.9 Å². The second-order valence-electron chi connectivity index (χ2n) is 7.05. The van der Waals surface area contributed by atoms with E-state index < -0.39 is 5.41 Å². The molecular formula is C20H26N2O3. The van der Waals surface area contributed by atoms with Gasteiger partial charge in [0.1, 0.15) is 6.10 Å². The van der Waals surface area contributed by atoms with E-state index in [2.05, 4.69) is 24.2 Å². The van der Waals surface area contributed by atoms with E-state index in [1.54, 1.807) is 0 Å². The van der Waals surface area contributed by atoms with Gasteiger partial charge in [0.2, 0.25) is 5.90 Å². The quantitative estimate of drug-likeness (QED) is 0.623. The maximum absolute atomic E-state index is 12.3. The van der Waals surface area contributed by atoms with Gasteiger partial charge in [0.25, 0.3) is 0 Å². The first kappa shape index (κ1) is 17.5. The van der Waals surface area contributed by atoms with Crippen LogP contribution in [-0.2, 0) is 14.3 Å². The minimum atomic E-state index is -0.511. The van der Waals surface area contributed by atoms with Gasteiger partial charge in [-0.25, -0.2) is 0 Å². The Morgan fingerprint density at radius 1 is 1.36 bits per heavy atom. The third kappa shape index (κ3) is 3.15. The molecule has 0 fully saturated rings.